The lowest BCUT2D eigenvalue weighted by atomic mass is 10.3. The van der Waals surface area contributed by atoms with Gasteiger partial charge in [-0.1, -0.05) is 12.1 Å². The SMILES string of the molecule is COC(=O)CCCNc1n[n+]([O-])c2ccccc2[n+]1[O-]. The first kappa shape index (κ1) is 13.8. The summed E-state index contributed by atoms with van der Waals surface area (Å²) in [4.78, 5) is 11.3. The fourth-order valence-corrected chi connectivity index (χ4v) is 1.73. The molecule has 0 aliphatic heterocycles. The number of ether oxygens (including phenoxy) is 1. The molecule has 106 valence electrons. The molecule has 1 heterocycles. The zero-order chi connectivity index (χ0) is 14.5. The number of hydrogen-bond acceptors (Lipinski definition) is 6. The maximum Gasteiger partial charge on any atom is 0.460 e. The molecule has 0 aliphatic rings. The summed E-state index contributed by atoms with van der Waals surface area (Å²) in [5.74, 6) is -0.421. The Bertz CT molecular complexity index is 632. The molecule has 0 saturated heterocycles. The molecule has 1 aromatic heterocycles. The van der Waals surface area contributed by atoms with Crippen LogP contribution < -0.4 is 14.9 Å². The van der Waals surface area contributed by atoms with Gasteiger partial charge in [0.25, 0.3) is 5.52 Å². The lowest BCUT2D eigenvalue weighted by Gasteiger charge is -2.09. The van der Waals surface area contributed by atoms with E-state index in [1.807, 2.05) is 0 Å². The molecule has 20 heavy (non-hydrogen) atoms. The minimum Gasteiger partial charge on any atom is -0.739 e. The second-order valence-corrected chi connectivity index (χ2v) is 4.09. The summed E-state index contributed by atoms with van der Waals surface area (Å²) in [5.41, 5.74) is 0.426. The molecule has 1 aromatic carbocycles. The van der Waals surface area contributed by atoms with Crippen LogP contribution in [0.4, 0.5) is 5.95 Å². The second-order valence-electron chi connectivity index (χ2n) is 4.09. The van der Waals surface area contributed by atoms with Crippen LogP contribution in [0.2, 0.25) is 0 Å². The number of anilines is 1. The molecular formula is C12H14N4O4. The summed E-state index contributed by atoms with van der Waals surface area (Å²) in [6.45, 7) is 0.336. The van der Waals surface area contributed by atoms with E-state index >= 15 is 0 Å². The highest BCUT2D eigenvalue weighted by Gasteiger charge is 2.19. The van der Waals surface area contributed by atoms with Crippen LogP contribution in [0.3, 0.4) is 0 Å². The van der Waals surface area contributed by atoms with Crippen LogP contribution in [0.5, 0.6) is 0 Å². The highest BCUT2D eigenvalue weighted by atomic mass is 16.5. The predicted molar refractivity (Wildman–Crippen MR) is 69.4 cm³/mol. The quantitative estimate of drug-likeness (QED) is 0.353. The Kier molecular flexibility index (Phi) is 4.14. The summed E-state index contributed by atoms with van der Waals surface area (Å²) in [5, 5.41) is 30.0. The van der Waals surface area contributed by atoms with Crippen molar-refractivity contribution in [3.05, 3.63) is 34.7 Å². The third-order valence-corrected chi connectivity index (χ3v) is 2.75. The van der Waals surface area contributed by atoms with E-state index in [2.05, 4.69) is 15.2 Å². The molecule has 0 bridgehead atoms. The van der Waals surface area contributed by atoms with Gasteiger partial charge in [0.05, 0.1) is 13.7 Å². The molecule has 0 saturated carbocycles. The van der Waals surface area contributed by atoms with Crippen molar-refractivity contribution in [2.75, 3.05) is 19.0 Å². The Balaban J connectivity index is 2.11. The van der Waals surface area contributed by atoms with Gasteiger partial charge in [-0.15, -0.1) is 0 Å². The Hall–Kier alpha value is -2.64. The first-order chi connectivity index (χ1) is 9.63. The summed E-state index contributed by atoms with van der Waals surface area (Å²) in [7, 11) is 1.31. The zero-order valence-electron chi connectivity index (χ0n) is 10.9. The van der Waals surface area contributed by atoms with Crippen LogP contribution in [-0.2, 0) is 9.53 Å². The third kappa shape index (κ3) is 2.85. The Morgan fingerprint density at radius 1 is 1.35 bits per heavy atom. The summed E-state index contributed by atoms with van der Waals surface area (Å²) in [6, 6.07) is 6.38. The molecule has 2 rings (SSSR count). The van der Waals surface area contributed by atoms with Gasteiger partial charge in [-0.05, 0) is 12.5 Å². The maximum absolute atomic E-state index is 12.0. The standard InChI is InChI=1S/C12H14N4O4/c1-20-11(17)7-4-8-13-12-14-16(19)10-6-3-2-5-9(10)15(12)18/h2-3,5-6H,4,7-8H2,1H3,(H,13,14). The number of carbonyl (C=O) groups excluding carboxylic acids is 1. The first-order valence-electron chi connectivity index (χ1n) is 6.06. The Morgan fingerprint density at radius 2 is 2.05 bits per heavy atom. The smallest absolute Gasteiger partial charge is 0.460 e. The van der Waals surface area contributed by atoms with Crippen molar-refractivity contribution < 1.29 is 19.1 Å². The largest absolute Gasteiger partial charge is 0.739 e. The van der Waals surface area contributed by atoms with Crippen molar-refractivity contribution in [2.45, 2.75) is 12.8 Å². The van der Waals surface area contributed by atoms with E-state index in [1.54, 1.807) is 12.1 Å². The van der Waals surface area contributed by atoms with Crippen molar-refractivity contribution in [1.29, 1.82) is 0 Å². The maximum atomic E-state index is 12.0. The third-order valence-electron chi connectivity index (χ3n) is 2.75. The molecule has 0 amide bonds. The van der Waals surface area contributed by atoms with Gasteiger partial charge in [0.1, 0.15) is 0 Å². The molecular weight excluding hydrogens is 264 g/mol. The molecule has 1 N–H and O–H groups in total. The summed E-state index contributed by atoms with van der Waals surface area (Å²) in [6.07, 6.45) is 0.702. The van der Waals surface area contributed by atoms with E-state index in [0.29, 0.717) is 22.5 Å². The van der Waals surface area contributed by atoms with Gasteiger partial charge in [-0.3, -0.25) is 10.1 Å². The van der Waals surface area contributed by atoms with Gasteiger partial charge >= 0.3 is 11.9 Å². The van der Waals surface area contributed by atoms with Crippen LogP contribution >= 0.6 is 0 Å². The predicted octanol–water partition coefficient (Wildman–Crippen LogP) is -0.133. The van der Waals surface area contributed by atoms with Crippen molar-refractivity contribution >= 4 is 23.0 Å². The summed E-state index contributed by atoms with van der Waals surface area (Å²) < 4.78 is 5.06. The van der Waals surface area contributed by atoms with Crippen molar-refractivity contribution in [1.82, 2.24) is 5.10 Å². The molecule has 2 aromatic rings. The summed E-state index contributed by atoms with van der Waals surface area (Å²) >= 11 is 0. The van der Waals surface area contributed by atoms with Crippen molar-refractivity contribution in [2.24, 2.45) is 0 Å². The van der Waals surface area contributed by atoms with Crippen LogP contribution in [0.25, 0.3) is 11.0 Å². The van der Waals surface area contributed by atoms with Gasteiger partial charge in [0, 0.05) is 17.3 Å². The van der Waals surface area contributed by atoms with Gasteiger partial charge in [0.2, 0.25) is 5.10 Å². The number of esters is 1. The number of nitrogens with one attached hydrogen (secondary N) is 1. The normalized spacial score (nSPS) is 10.4. The topological polar surface area (TPSA) is 105 Å². The van der Waals surface area contributed by atoms with Crippen LogP contribution in [0, 0.1) is 10.4 Å². The number of rotatable bonds is 5. The minimum atomic E-state index is -0.327. The van der Waals surface area contributed by atoms with Gasteiger partial charge in [-0.2, -0.15) is 0 Å². The lowest BCUT2D eigenvalue weighted by Crippen LogP contribution is -2.44. The minimum absolute atomic E-state index is 0.0939. The van der Waals surface area contributed by atoms with E-state index in [4.69, 9.17) is 0 Å². The number of fused-ring (bicyclic) bond motifs is 1. The average molecular weight is 278 g/mol. The van der Waals surface area contributed by atoms with Gasteiger partial charge < -0.3 is 15.2 Å². The lowest BCUT2D eigenvalue weighted by molar-refractivity contribution is -0.672. The van der Waals surface area contributed by atoms with Crippen molar-refractivity contribution in [3.8, 4) is 0 Å². The molecule has 0 radical (unpaired) electrons. The van der Waals surface area contributed by atoms with Crippen LogP contribution in [0.15, 0.2) is 24.3 Å². The van der Waals surface area contributed by atoms with E-state index in [0.717, 1.165) is 0 Å². The van der Waals surface area contributed by atoms with Gasteiger partial charge in [-0.25, -0.2) is 4.73 Å². The first-order valence-corrected chi connectivity index (χ1v) is 6.06. The zero-order valence-corrected chi connectivity index (χ0v) is 10.9. The van der Waals surface area contributed by atoms with Crippen LogP contribution in [0.1, 0.15) is 12.8 Å². The van der Waals surface area contributed by atoms with Crippen LogP contribution in [-0.4, -0.2) is 24.7 Å². The van der Waals surface area contributed by atoms with E-state index < -0.39 is 0 Å². The highest BCUT2D eigenvalue weighted by molar-refractivity contribution is 5.69. The fraction of sp³-hybridized carbons (Fsp3) is 0.333. The molecule has 0 atom stereocenters. The number of methoxy groups -OCH3 is 1. The van der Waals surface area contributed by atoms with Gasteiger partial charge in [0.15, 0.2) is 5.52 Å². The number of nitrogens with zero attached hydrogens (tertiary/aromatic N) is 3. The molecule has 8 heteroatoms. The molecule has 8 nitrogen and oxygen atoms in total. The molecule has 0 aliphatic carbocycles. The Labute approximate surface area is 114 Å². The number of aromatic nitrogens is 3. The average Bonchev–Trinajstić information content (AvgIpc) is 2.48. The van der Waals surface area contributed by atoms with E-state index in [-0.39, 0.29) is 29.4 Å². The monoisotopic (exact) mass is 278 g/mol. The molecule has 0 fully saturated rings. The second kappa shape index (κ2) is 6.00. The fourth-order valence-electron chi connectivity index (χ4n) is 1.73. The number of carbonyl (C=O) groups is 1. The number of hydrogen-bond donors (Lipinski definition) is 1. The number of para-hydroxylation sites is 2. The Morgan fingerprint density at radius 3 is 2.75 bits per heavy atom. The number of benzene rings is 1. The van der Waals surface area contributed by atoms with E-state index in [1.165, 1.54) is 19.2 Å². The van der Waals surface area contributed by atoms with Crippen molar-refractivity contribution in [3.63, 3.8) is 0 Å². The van der Waals surface area contributed by atoms with E-state index in [9.17, 15) is 15.2 Å². The molecule has 0 unspecified atom stereocenters. The highest BCUT2D eigenvalue weighted by Crippen LogP contribution is 2.05. The molecule has 0 spiro atoms.